The van der Waals surface area contributed by atoms with Crippen LogP contribution in [-0.2, 0) is 0 Å². The van der Waals surface area contributed by atoms with Crippen molar-refractivity contribution in [1.29, 1.82) is 0 Å². The van der Waals surface area contributed by atoms with E-state index < -0.39 is 0 Å². The molecule has 1 aromatic heterocycles. The van der Waals surface area contributed by atoms with Crippen LogP contribution in [0, 0.1) is 6.92 Å². The molecule has 1 unspecified atom stereocenters. The highest BCUT2D eigenvalue weighted by molar-refractivity contribution is 5.40. The molecule has 0 amide bonds. The van der Waals surface area contributed by atoms with Crippen LogP contribution in [0.3, 0.4) is 0 Å². The predicted molar refractivity (Wildman–Crippen MR) is 85.9 cm³/mol. The summed E-state index contributed by atoms with van der Waals surface area (Å²) in [5, 5.41) is 8.07. The van der Waals surface area contributed by atoms with E-state index in [9.17, 15) is 0 Å². The Morgan fingerprint density at radius 1 is 1.29 bits per heavy atom. The Kier molecular flexibility index (Phi) is 5.02. The number of ether oxygens (including phenoxy) is 1. The van der Waals surface area contributed by atoms with Crippen LogP contribution in [-0.4, -0.2) is 23.4 Å². The Hall–Kier alpha value is -1.81. The van der Waals surface area contributed by atoms with Crippen molar-refractivity contribution >= 4 is 0 Å². The topological polar surface area (TPSA) is 39.1 Å². The molecule has 0 saturated carbocycles. The Balaban J connectivity index is 2.58. The number of hydrogen-bond acceptors (Lipinski definition) is 3. The second kappa shape index (κ2) is 6.76. The van der Waals surface area contributed by atoms with Crippen molar-refractivity contribution in [2.75, 3.05) is 13.7 Å². The minimum atomic E-state index is 0.0797. The smallest absolute Gasteiger partial charge is 0.161 e. The fourth-order valence-corrected chi connectivity index (χ4v) is 2.67. The summed E-state index contributed by atoms with van der Waals surface area (Å²) in [5.74, 6) is 0.831. The number of rotatable bonds is 6. The summed E-state index contributed by atoms with van der Waals surface area (Å²) < 4.78 is 7.58. The number of methoxy groups -OCH3 is 1. The molecule has 0 radical (unpaired) electrons. The fourth-order valence-electron chi connectivity index (χ4n) is 2.67. The average Bonchev–Trinajstić information content (AvgIpc) is 2.89. The highest BCUT2D eigenvalue weighted by Gasteiger charge is 2.25. The van der Waals surface area contributed by atoms with Gasteiger partial charge >= 0.3 is 0 Å². The predicted octanol–water partition coefficient (Wildman–Crippen LogP) is 3.48. The van der Waals surface area contributed by atoms with E-state index in [0.717, 1.165) is 18.0 Å². The summed E-state index contributed by atoms with van der Waals surface area (Å²) in [4.78, 5) is 0. The van der Waals surface area contributed by atoms with Gasteiger partial charge in [0.1, 0.15) is 5.69 Å². The maximum Gasteiger partial charge on any atom is 0.161 e. The first-order valence-corrected chi connectivity index (χ1v) is 7.50. The van der Waals surface area contributed by atoms with Gasteiger partial charge < -0.3 is 10.1 Å². The highest BCUT2D eigenvalue weighted by atomic mass is 16.5. The highest BCUT2D eigenvalue weighted by Crippen LogP contribution is 2.33. The second-order valence-corrected chi connectivity index (χ2v) is 5.48. The number of aryl methyl sites for hydroxylation is 1. The summed E-state index contributed by atoms with van der Waals surface area (Å²) in [5.41, 5.74) is 3.62. The van der Waals surface area contributed by atoms with Crippen molar-refractivity contribution < 1.29 is 4.74 Å². The number of nitrogens with one attached hydrogen (secondary N) is 1. The van der Waals surface area contributed by atoms with Crippen LogP contribution in [0.2, 0.25) is 0 Å². The van der Waals surface area contributed by atoms with Gasteiger partial charge in [-0.3, -0.25) is 4.68 Å². The van der Waals surface area contributed by atoms with E-state index >= 15 is 0 Å². The third-order valence-electron chi connectivity index (χ3n) is 3.69. The Morgan fingerprint density at radius 3 is 2.57 bits per heavy atom. The molecule has 0 spiro atoms. The zero-order chi connectivity index (χ0) is 15.4. The quantitative estimate of drug-likeness (QED) is 0.884. The van der Waals surface area contributed by atoms with Gasteiger partial charge in [0.25, 0.3) is 0 Å². The fraction of sp³-hybridized carbons (Fsp3) is 0.471. The third kappa shape index (κ3) is 3.10. The first kappa shape index (κ1) is 15.6. The Morgan fingerprint density at radius 2 is 2.00 bits per heavy atom. The van der Waals surface area contributed by atoms with Crippen molar-refractivity contribution in [2.24, 2.45) is 0 Å². The number of hydrogen-bond donors (Lipinski definition) is 1. The van der Waals surface area contributed by atoms with Crippen LogP contribution in [0.25, 0.3) is 0 Å². The molecule has 21 heavy (non-hydrogen) atoms. The van der Waals surface area contributed by atoms with Crippen molar-refractivity contribution in [1.82, 2.24) is 15.1 Å². The van der Waals surface area contributed by atoms with Gasteiger partial charge in [0.05, 0.1) is 19.3 Å². The van der Waals surface area contributed by atoms with E-state index in [1.807, 2.05) is 4.68 Å². The zero-order valence-electron chi connectivity index (χ0n) is 13.6. The van der Waals surface area contributed by atoms with Crippen LogP contribution in [0.15, 0.2) is 30.5 Å². The van der Waals surface area contributed by atoms with Crippen LogP contribution in [0.4, 0.5) is 0 Å². The first-order chi connectivity index (χ1) is 10.1. The molecule has 0 saturated heterocycles. The lowest BCUT2D eigenvalue weighted by Crippen LogP contribution is -2.26. The largest absolute Gasteiger partial charge is 0.493 e. The Bertz CT molecular complexity index is 589. The second-order valence-electron chi connectivity index (χ2n) is 5.48. The lowest BCUT2D eigenvalue weighted by molar-refractivity contribution is 0.394. The van der Waals surface area contributed by atoms with Crippen LogP contribution < -0.4 is 10.1 Å². The normalized spacial score (nSPS) is 12.7. The molecule has 4 heteroatoms. The van der Waals surface area contributed by atoms with Gasteiger partial charge in [-0.1, -0.05) is 31.2 Å². The summed E-state index contributed by atoms with van der Waals surface area (Å²) >= 11 is 0. The molecule has 1 atom stereocenters. The molecule has 1 heterocycles. The van der Waals surface area contributed by atoms with Crippen molar-refractivity contribution in [3.63, 3.8) is 0 Å². The molecular weight excluding hydrogens is 262 g/mol. The summed E-state index contributed by atoms with van der Waals surface area (Å²) in [6.45, 7) is 9.41. The van der Waals surface area contributed by atoms with E-state index in [1.54, 1.807) is 13.3 Å². The average molecular weight is 287 g/mol. The minimum Gasteiger partial charge on any atom is -0.493 e. The molecule has 2 rings (SSSR count). The van der Waals surface area contributed by atoms with Crippen LogP contribution in [0.1, 0.15) is 49.7 Å². The molecule has 0 aliphatic rings. The van der Waals surface area contributed by atoms with Gasteiger partial charge in [-0.05, 0) is 38.4 Å². The molecule has 4 nitrogen and oxygen atoms in total. The first-order valence-electron chi connectivity index (χ1n) is 7.50. The molecule has 2 aromatic rings. The standard InChI is InChI=1S/C17H25N3O/c1-6-18-16(14-10-8-7-9-13(14)4)17-15(21-5)11-19-20(17)12(2)3/h7-12,16,18H,6H2,1-5H3. The minimum absolute atomic E-state index is 0.0797. The van der Waals surface area contributed by atoms with Gasteiger partial charge in [0, 0.05) is 6.04 Å². The molecule has 0 bridgehead atoms. The van der Waals surface area contributed by atoms with Gasteiger partial charge in [0.15, 0.2) is 5.75 Å². The molecule has 1 N–H and O–H groups in total. The molecule has 0 aliphatic heterocycles. The lowest BCUT2D eigenvalue weighted by atomic mass is 9.98. The zero-order valence-corrected chi connectivity index (χ0v) is 13.6. The van der Waals surface area contributed by atoms with E-state index in [2.05, 4.69) is 62.4 Å². The molecular formula is C17H25N3O. The summed E-state index contributed by atoms with van der Waals surface area (Å²) in [6.07, 6.45) is 1.80. The summed E-state index contributed by atoms with van der Waals surface area (Å²) in [6, 6.07) is 8.82. The third-order valence-corrected chi connectivity index (χ3v) is 3.69. The lowest BCUT2D eigenvalue weighted by Gasteiger charge is -2.24. The maximum absolute atomic E-state index is 5.54. The molecule has 114 valence electrons. The van der Waals surface area contributed by atoms with Gasteiger partial charge in [0.2, 0.25) is 0 Å². The van der Waals surface area contributed by atoms with E-state index in [0.29, 0.717) is 0 Å². The molecule has 1 aromatic carbocycles. The van der Waals surface area contributed by atoms with Crippen molar-refractivity contribution in [3.8, 4) is 5.75 Å². The van der Waals surface area contributed by atoms with E-state index in [4.69, 9.17) is 4.74 Å². The number of nitrogens with zero attached hydrogens (tertiary/aromatic N) is 2. The van der Waals surface area contributed by atoms with Crippen molar-refractivity contribution in [3.05, 3.63) is 47.3 Å². The maximum atomic E-state index is 5.54. The monoisotopic (exact) mass is 287 g/mol. The number of benzene rings is 1. The Labute approximate surface area is 127 Å². The van der Waals surface area contributed by atoms with Gasteiger partial charge in [-0.25, -0.2) is 0 Å². The molecule has 0 aliphatic carbocycles. The van der Waals surface area contributed by atoms with Gasteiger partial charge in [-0.2, -0.15) is 5.10 Å². The van der Waals surface area contributed by atoms with Crippen LogP contribution in [0.5, 0.6) is 5.75 Å². The SMILES string of the molecule is CCNC(c1ccccc1C)c1c(OC)cnn1C(C)C. The van der Waals surface area contributed by atoms with E-state index in [1.165, 1.54) is 11.1 Å². The summed E-state index contributed by atoms with van der Waals surface area (Å²) in [7, 11) is 1.70. The van der Waals surface area contributed by atoms with Gasteiger partial charge in [-0.15, -0.1) is 0 Å². The number of aromatic nitrogens is 2. The molecule has 0 fully saturated rings. The van der Waals surface area contributed by atoms with Crippen molar-refractivity contribution in [2.45, 2.75) is 39.8 Å². The van der Waals surface area contributed by atoms with Crippen LogP contribution >= 0.6 is 0 Å². The van der Waals surface area contributed by atoms with E-state index in [-0.39, 0.29) is 12.1 Å².